The molecule has 0 aliphatic rings. The normalized spacial score (nSPS) is 10.6. The van der Waals surface area contributed by atoms with Crippen molar-refractivity contribution in [3.63, 3.8) is 0 Å². The van der Waals surface area contributed by atoms with E-state index >= 15 is 0 Å². The minimum atomic E-state index is 0.271. The second kappa shape index (κ2) is 7.58. The highest BCUT2D eigenvalue weighted by atomic mass is 32.2. The first-order chi connectivity index (χ1) is 9.28. The van der Waals surface area contributed by atoms with E-state index in [4.69, 9.17) is 5.11 Å². The maximum atomic E-state index is 8.75. The molecule has 0 unspecified atom stereocenters. The average Bonchev–Trinajstić information content (AvgIpc) is 2.84. The molecule has 0 saturated heterocycles. The van der Waals surface area contributed by atoms with Crippen LogP contribution < -0.4 is 5.32 Å². The van der Waals surface area contributed by atoms with Gasteiger partial charge in [0.05, 0.1) is 0 Å². The molecule has 1 heterocycles. The Hall–Kier alpha value is -0.970. The summed E-state index contributed by atoms with van der Waals surface area (Å²) in [6, 6.07) is 12.8. The van der Waals surface area contributed by atoms with Crippen LogP contribution >= 0.6 is 23.1 Å². The Kier molecular flexibility index (Phi) is 5.76. The molecule has 2 aromatic rings. The van der Waals surface area contributed by atoms with E-state index in [1.54, 1.807) is 11.8 Å². The van der Waals surface area contributed by atoms with Crippen molar-refractivity contribution < 1.29 is 5.11 Å². The molecule has 0 radical (unpaired) electrons. The predicted molar refractivity (Wildman–Crippen MR) is 85.3 cm³/mol. The number of rotatable bonds is 7. The fourth-order valence-electron chi connectivity index (χ4n) is 1.69. The second-order valence-electron chi connectivity index (χ2n) is 4.32. The fourth-order valence-corrected chi connectivity index (χ4v) is 3.36. The lowest BCUT2D eigenvalue weighted by Gasteiger charge is -2.06. The first-order valence-electron chi connectivity index (χ1n) is 6.41. The van der Waals surface area contributed by atoms with Gasteiger partial charge in [0.1, 0.15) is 0 Å². The van der Waals surface area contributed by atoms with Crippen LogP contribution in [0.15, 0.2) is 41.3 Å². The quantitative estimate of drug-likeness (QED) is 0.594. The average molecular weight is 293 g/mol. The summed E-state index contributed by atoms with van der Waals surface area (Å²) in [5, 5.41) is 12.2. The van der Waals surface area contributed by atoms with Gasteiger partial charge in [-0.15, -0.1) is 23.1 Å². The van der Waals surface area contributed by atoms with Gasteiger partial charge in [0.2, 0.25) is 0 Å². The van der Waals surface area contributed by atoms with Gasteiger partial charge in [-0.1, -0.05) is 0 Å². The Bertz CT molecular complexity index is 493. The molecule has 0 atom stereocenters. The molecule has 0 aliphatic carbocycles. The minimum Gasteiger partial charge on any atom is -0.396 e. The fraction of sp³-hybridized carbons (Fsp3) is 0.333. The van der Waals surface area contributed by atoms with Crippen molar-refractivity contribution in [3.05, 3.63) is 46.2 Å². The lowest BCUT2D eigenvalue weighted by molar-refractivity contribution is 0.296. The number of aliphatic hydroxyl groups is 1. The molecule has 0 amide bonds. The van der Waals surface area contributed by atoms with Crippen LogP contribution in [0.4, 0.5) is 5.69 Å². The topological polar surface area (TPSA) is 32.3 Å². The summed E-state index contributed by atoms with van der Waals surface area (Å²) in [5.74, 6) is 0.970. The molecular formula is C15H19NOS2. The number of benzene rings is 1. The van der Waals surface area contributed by atoms with E-state index in [1.807, 2.05) is 11.3 Å². The Morgan fingerprint density at radius 1 is 1.16 bits per heavy atom. The molecule has 0 spiro atoms. The number of thioether (sulfide) groups is 1. The van der Waals surface area contributed by atoms with Crippen molar-refractivity contribution in [2.45, 2.75) is 24.8 Å². The Balaban J connectivity index is 1.81. The van der Waals surface area contributed by atoms with Crippen LogP contribution in [0.25, 0.3) is 0 Å². The number of thiophene rings is 1. The minimum absolute atomic E-state index is 0.271. The standard InChI is InChI=1S/C15H19NOS2/c1-12-3-6-15(19-12)11-16-13-4-7-14(8-5-13)18-10-2-9-17/h3-8,16-17H,2,9-11H2,1H3. The number of aliphatic hydroxyl groups excluding tert-OH is 1. The third-order valence-electron chi connectivity index (χ3n) is 2.69. The van der Waals surface area contributed by atoms with Gasteiger partial charge in [-0.3, -0.25) is 0 Å². The van der Waals surface area contributed by atoms with Gasteiger partial charge in [0, 0.05) is 39.2 Å². The third-order valence-corrected chi connectivity index (χ3v) is 4.79. The van der Waals surface area contributed by atoms with E-state index in [9.17, 15) is 0 Å². The van der Waals surface area contributed by atoms with Gasteiger partial charge in [-0.25, -0.2) is 0 Å². The highest BCUT2D eigenvalue weighted by molar-refractivity contribution is 7.99. The highest BCUT2D eigenvalue weighted by Crippen LogP contribution is 2.22. The molecule has 19 heavy (non-hydrogen) atoms. The van der Waals surface area contributed by atoms with E-state index in [0.29, 0.717) is 0 Å². The maximum Gasteiger partial charge on any atom is 0.0494 e. The van der Waals surface area contributed by atoms with Crippen molar-refractivity contribution in [1.82, 2.24) is 0 Å². The molecule has 0 fully saturated rings. The lowest BCUT2D eigenvalue weighted by atomic mass is 10.3. The molecule has 4 heteroatoms. The van der Waals surface area contributed by atoms with Gasteiger partial charge in [0.15, 0.2) is 0 Å². The van der Waals surface area contributed by atoms with Gasteiger partial charge >= 0.3 is 0 Å². The summed E-state index contributed by atoms with van der Waals surface area (Å²) >= 11 is 3.62. The van der Waals surface area contributed by atoms with E-state index < -0.39 is 0 Å². The second-order valence-corrected chi connectivity index (χ2v) is 6.86. The SMILES string of the molecule is Cc1ccc(CNc2ccc(SCCCO)cc2)s1. The molecule has 2 nitrogen and oxygen atoms in total. The lowest BCUT2D eigenvalue weighted by Crippen LogP contribution is -1.96. The molecule has 1 aromatic carbocycles. The monoisotopic (exact) mass is 293 g/mol. The number of aryl methyl sites for hydroxylation is 1. The van der Waals surface area contributed by atoms with E-state index in [0.717, 1.165) is 24.4 Å². The summed E-state index contributed by atoms with van der Waals surface area (Å²) < 4.78 is 0. The van der Waals surface area contributed by atoms with Crippen LogP contribution in [0.1, 0.15) is 16.2 Å². The van der Waals surface area contributed by atoms with Crippen LogP contribution in [-0.4, -0.2) is 17.5 Å². The summed E-state index contributed by atoms with van der Waals surface area (Å²) in [6.07, 6.45) is 0.850. The summed E-state index contributed by atoms with van der Waals surface area (Å²) in [5.41, 5.74) is 1.15. The molecular weight excluding hydrogens is 274 g/mol. The number of hydrogen-bond donors (Lipinski definition) is 2. The number of anilines is 1. The largest absolute Gasteiger partial charge is 0.396 e. The predicted octanol–water partition coefficient (Wildman–Crippen LogP) is 4.14. The smallest absolute Gasteiger partial charge is 0.0494 e. The Morgan fingerprint density at radius 2 is 1.95 bits per heavy atom. The Labute approximate surface area is 122 Å². The zero-order valence-electron chi connectivity index (χ0n) is 11.1. The van der Waals surface area contributed by atoms with Crippen LogP contribution in [0.5, 0.6) is 0 Å². The third kappa shape index (κ3) is 4.90. The number of hydrogen-bond acceptors (Lipinski definition) is 4. The van der Waals surface area contributed by atoms with Crippen LogP contribution in [0.2, 0.25) is 0 Å². The molecule has 2 rings (SSSR count). The molecule has 1 aromatic heterocycles. The summed E-state index contributed by atoms with van der Waals surface area (Å²) in [7, 11) is 0. The zero-order valence-corrected chi connectivity index (χ0v) is 12.7. The molecule has 102 valence electrons. The van der Waals surface area contributed by atoms with E-state index in [1.165, 1.54) is 14.6 Å². The van der Waals surface area contributed by atoms with Crippen molar-refractivity contribution >= 4 is 28.8 Å². The van der Waals surface area contributed by atoms with Crippen molar-refractivity contribution in [2.24, 2.45) is 0 Å². The highest BCUT2D eigenvalue weighted by Gasteiger charge is 1.98. The van der Waals surface area contributed by atoms with Crippen molar-refractivity contribution in [3.8, 4) is 0 Å². The van der Waals surface area contributed by atoms with Crippen LogP contribution in [0.3, 0.4) is 0 Å². The van der Waals surface area contributed by atoms with Gasteiger partial charge < -0.3 is 10.4 Å². The van der Waals surface area contributed by atoms with Crippen molar-refractivity contribution in [2.75, 3.05) is 17.7 Å². The first kappa shape index (κ1) is 14.4. The molecule has 2 N–H and O–H groups in total. The van der Waals surface area contributed by atoms with Gasteiger partial charge in [0.25, 0.3) is 0 Å². The summed E-state index contributed by atoms with van der Waals surface area (Å²) in [4.78, 5) is 3.97. The number of nitrogens with one attached hydrogen (secondary N) is 1. The molecule has 0 bridgehead atoms. The first-order valence-corrected chi connectivity index (χ1v) is 8.21. The van der Waals surface area contributed by atoms with Gasteiger partial charge in [-0.05, 0) is 49.7 Å². The van der Waals surface area contributed by atoms with Crippen molar-refractivity contribution in [1.29, 1.82) is 0 Å². The van der Waals surface area contributed by atoms with Gasteiger partial charge in [-0.2, -0.15) is 0 Å². The maximum absolute atomic E-state index is 8.75. The van der Waals surface area contributed by atoms with Crippen LogP contribution in [-0.2, 0) is 6.54 Å². The molecule has 0 saturated carbocycles. The molecule has 0 aliphatic heterocycles. The Morgan fingerprint density at radius 3 is 2.58 bits per heavy atom. The van der Waals surface area contributed by atoms with E-state index in [2.05, 4.69) is 48.6 Å². The summed E-state index contributed by atoms with van der Waals surface area (Å²) in [6.45, 7) is 3.29. The van der Waals surface area contributed by atoms with Crippen LogP contribution in [0, 0.1) is 6.92 Å². The van der Waals surface area contributed by atoms with E-state index in [-0.39, 0.29) is 6.61 Å². The zero-order chi connectivity index (χ0) is 13.5.